The molecule has 0 saturated heterocycles. The van der Waals surface area contributed by atoms with Crippen molar-refractivity contribution >= 4 is 128 Å². The van der Waals surface area contributed by atoms with Crippen molar-refractivity contribution < 1.29 is 43.4 Å². The maximum atomic E-state index is 8.52. The Morgan fingerprint density at radius 3 is 1.21 bits per heavy atom. The molecule has 0 saturated carbocycles. The molecule has 0 amide bonds. The molecule has 2 aliphatic rings. The second-order valence-corrected chi connectivity index (χ2v) is 34.8. The second-order valence-electron chi connectivity index (χ2n) is 32.1. The number of benzene rings is 10. The van der Waals surface area contributed by atoms with Crippen LogP contribution in [-0.2, 0) is 10.8 Å². The zero-order chi connectivity index (χ0) is 80.7. The first kappa shape index (κ1) is 104. The Morgan fingerprint density at radius 1 is 0.395 bits per heavy atom. The van der Waals surface area contributed by atoms with E-state index >= 15 is 0 Å². The Balaban J connectivity index is 0.000000347. The molecule has 119 heavy (non-hydrogen) atoms. The summed E-state index contributed by atoms with van der Waals surface area (Å²) in [5.41, 5.74) is 32.5. The van der Waals surface area contributed by atoms with Gasteiger partial charge in [0.15, 0.2) is 0 Å². The molecule has 10 aromatic carbocycles. The maximum absolute atomic E-state index is 8.52. The molecule has 0 spiro atoms. The van der Waals surface area contributed by atoms with Crippen molar-refractivity contribution in [1.29, 1.82) is 0 Å². The first-order chi connectivity index (χ1) is 55.7. The average Bonchev–Trinajstić information content (AvgIpc) is 1.57. The number of azide groups is 1. The van der Waals surface area contributed by atoms with E-state index in [1.165, 1.54) is 177 Å². The Labute approximate surface area is 796 Å². The molecular weight excluding hydrogens is 1810 g/mol. The van der Waals surface area contributed by atoms with Gasteiger partial charge in [-0.05, 0) is 260 Å². The first-order valence-electron chi connectivity index (χ1n) is 43.3. The zero-order valence-corrected chi connectivity index (χ0v) is 83.0. The molecule has 626 valence electrons. The van der Waals surface area contributed by atoms with Crippen molar-refractivity contribution in [2.75, 3.05) is 34.9 Å². The van der Waals surface area contributed by atoms with Gasteiger partial charge in [-0.15, -0.1) is 23.3 Å². The molecular formula is C105H130Br5Mg2N5O2. The van der Waals surface area contributed by atoms with Gasteiger partial charge in [0.05, 0.1) is 13.2 Å². The molecule has 0 fully saturated rings. The molecule has 10 aromatic rings. The Kier molecular flexibility index (Phi) is 47.6. The fourth-order valence-corrected chi connectivity index (χ4v) is 18.8. The molecule has 0 heterocycles. The predicted octanol–water partition coefficient (Wildman–Crippen LogP) is 27.3. The zero-order valence-electron chi connectivity index (χ0n) is 72.2. The van der Waals surface area contributed by atoms with Gasteiger partial charge in [0.1, 0.15) is 11.5 Å². The fraction of sp³-hybridized carbons (Fsp3) is 0.429. The van der Waals surface area contributed by atoms with E-state index in [4.69, 9.17) is 15.0 Å². The van der Waals surface area contributed by atoms with Gasteiger partial charge in [0.25, 0.3) is 0 Å². The summed E-state index contributed by atoms with van der Waals surface area (Å²) in [6, 6.07) is 85.8. The van der Waals surface area contributed by atoms with Crippen LogP contribution in [0.4, 0.5) is 34.1 Å². The SMILES string of the molecule is BrCCCCOc1ccc(N(c2cc[c-]cc2)c2ccc(Br)cc2)cc1.C.CCCCC(CC)CC1(CC(CC)CCCC)c2c[c-]ccc2-c2ccc(Br)cc21.CCCCC(CC)CC1(CC(CC)CCCC)c2cc(C)ccc2-c2ccc(-c3ccc(N(c4ccc(C)cc4)c4ccc(OCCCCN=[N+]=[N-])cc4)cc3)cc21.[Br-].[Br-].[Mg+2].[Mg+2]. The van der Waals surface area contributed by atoms with Crippen LogP contribution in [0, 0.1) is 49.7 Å². The molecule has 0 bridgehead atoms. The normalized spacial score (nSPS) is 14.6. The number of rotatable bonds is 42. The molecule has 12 rings (SSSR count). The van der Waals surface area contributed by atoms with E-state index in [1.54, 1.807) is 22.3 Å². The average molecular weight is 1940 g/mol. The summed E-state index contributed by atoms with van der Waals surface area (Å²) < 4.78 is 14.1. The van der Waals surface area contributed by atoms with Crippen LogP contribution in [0.5, 0.6) is 11.5 Å². The minimum atomic E-state index is 0. The summed E-state index contributed by atoms with van der Waals surface area (Å²) in [5, 5.41) is 4.64. The van der Waals surface area contributed by atoms with Crippen LogP contribution in [-0.4, -0.2) is 71.2 Å². The van der Waals surface area contributed by atoms with E-state index < -0.39 is 0 Å². The summed E-state index contributed by atoms with van der Waals surface area (Å²) in [4.78, 5) is 7.37. The van der Waals surface area contributed by atoms with Gasteiger partial charge < -0.3 is 53.2 Å². The first-order valence-corrected chi connectivity index (χ1v) is 46.0. The van der Waals surface area contributed by atoms with Gasteiger partial charge in [-0.1, -0.05) is 296 Å². The summed E-state index contributed by atoms with van der Waals surface area (Å²) in [7, 11) is 0. The topological polar surface area (TPSA) is 73.7 Å². The molecule has 14 heteroatoms. The molecule has 4 unspecified atom stereocenters. The van der Waals surface area contributed by atoms with Crippen molar-refractivity contribution in [2.24, 2.45) is 28.8 Å². The van der Waals surface area contributed by atoms with Gasteiger partial charge in [0, 0.05) is 59.6 Å². The van der Waals surface area contributed by atoms with Crippen LogP contribution in [0.3, 0.4) is 0 Å². The number of hydrogen-bond acceptors (Lipinski definition) is 5. The van der Waals surface area contributed by atoms with E-state index in [1.807, 2.05) is 36.4 Å². The van der Waals surface area contributed by atoms with Crippen LogP contribution < -0.4 is 53.2 Å². The van der Waals surface area contributed by atoms with Crippen molar-refractivity contribution in [1.82, 2.24) is 0 Å². The number of anilines is 6. The number of halogens is 5. The van der Waals surface area contributed by atoms with Gasteiger partial charge in [0.2, 0.25) is 0 Å². The fourth-order valence-electron chi connectivity index (χ4n) is 17.7. The van der Waals surface area contributed by atoms with E-state index in [0.29, 0.717) is 25.0 Å². The number of aryl methyl sites for hydroxylation is 2. The third-order valence-electron chi connectivity index (χ3n) is 24.2. The minimum Gasteiger partial charge on any atom is -1.00 e. The standard InChI is InChI=1S/C53H66N4O.C29H40Br.C22H20Br2NO.CH4.2BrH.2Mg/c1-7-11-15-41(9-3)37-53(38-42(10-4)16-12-8-2)51-35-40(6)19-31-49(51)50-32-22-44(36-52(50)53)43-20-25-46(26-21-43)57(45-23-17-39(5)18-24-45)47-27-29-48(30-28-47)58-34-14-13-33-55-56-54;1-5-9-13-22(7-3)20-29(21-23(8-4)14-10-6-2)27-16-12-11-15-25(27)26-18-17-24(30)19-28(26)29;23-16-4-5-17-26-22-14-12-21(13-15-22)25(19-6-2-1-3-7-19)20-10-8-18(24)9-11-20;;;;;/h17-32,35-36,41-42H,7-16,33-34,37-38H2,1-6H3;11,15-19,22-23H,5-10,13-14,20-21H2,1-4H3;2-3,6-15H,4-5,16-17H2;1H4;2*1H;;/q;2*-1;;;;2*+2/p-2. The molecule has 0 radical (unpaired) electrons. The monoisotopic (exact) mass is 1940 g/mol. The Bertz CT molecular complexity index is 4550. The largest absolute Gasteiger partial charge is 2.00 e. The summed E-state index contributed by atoms with van der Waals surface area (Å²) in [6.07, 6.45) is 29.6. The van der Waals surface area contributed by atoms with E-state index in [9.17, 15) is 0 Å². The van der Waals surface area contributed by atoms with Crippen LogP contribution in [0.25, 0.3) is 43.8 Å². The molecule has 0 aromatic heterocycles. The van der Waals surface area contributed by atoms with Crippen molar-refractivity contribution in [3.63, 3.8) is 0 Å². The van der Waals surface area contributed by atoms with Crippen LogP contribution in [0.15, 0.2) is 232 Å². The molecule has 0 N–H and O–H groups in total. The third kappa shape index (κ3) is 28.3. The van der Waals surface area contributed by atoms with Crippen LogP contribution in [0.1, 0.15) is 250 Å². The van der Waals surface area contributed by atoms with E-state index in [2.05, 4.69) is 331 Å². The smallest absolute Gasteiger partial charge is 1.00 e. The van der Waals surface area contributed by atoms with Crippen LogP contribution >= 0.6 is 47.8 Å². The maximum Gasteiger partial charge on any atom is 2.00 e. The number of ether oxygens (including phenoxy) is 2. The number of hydrogen-bond donors (Lipinski definition) is 0. The number of unbranched alkanes of at least 4 members (excludes halogenated alkanes) is 6. The van der Waals surface area contributed by atoms with Gasteiger partial charge in [-0.2, -0.15) is 42.5 Å². The van der Waals surface area contributed by atoms with Gasteiger partial charge in [-0.3, -0.25) is 0 Å². The van der Waals surface area contributed by atoms with E-state index in [-0.39, 0.29) is 98.3 Å². The summed E-state index contributed by atoms with van der Waals surface area (Å²) in [6.45, 7) is 25.2. The van der Waals surface area contributed by atoms with Crippen molar-refractivity contribution in [3.8, 4) is 44.9 Å². The van der Waals surface area contributed by atoms with Gasteiger partial charge >= 0.3 is 46.1 Å². The summed E-state index contributed by atoms with van der Waals surface area (Å²) in [5.74, 6) is 4.71. The van der Waals surface area contributed by atoms with E-state index in [0.717, 1.165) is 99.6 Å². The second kappa shape index (κ2) is 54.4. The molecule has 2 aliphatic carbocycles. The number of fused-ring (bicyclic) bond motifs is 6. The van der Waals surface area contributed by atoms with Crippen molar-refractivity contribution in [2.45, 2.75) is 242 Å². The number of nitrogens with zero attached hydrogens (tertiary/aromatic N) is 5. The molecule has 7 nitrogen and oxygen atoms in total. The number of alkyl halides is 1. The Hall–Kier alpha value is -5.36. The summed E-state index contributed by atoms with van der Waals surface area (Å²) >= 11 is 10.8. The quantitative estimate of drug-likeness (QED) is 0.00727. The van der Waals surface area contributed by atoms with Crippen LogP contribution in [0.2, 0.25) is 0 Å². The minimum absolute atomic E-state index is 0. The molecule has 0 aliphatic heterocycles. The third-order valence-corrected chi connectivity index (χ3v) is 25.8. The Morgan fingerprint density at radius 2 is 0.756 bits per heavy atom. The van der Waals surface area contributed by atoms with Crippen molar-refractivity contribution in [3.05, 3.63) is 283 Å². The molecule has 4 atom stereocenters. The predicted molar refractivity (Wildman–Crippen MR) is 516 cm³/mol. The van der Waals surface area contributed by atoms with Gasteiger partial charge in [-0.25, -0.2) is 0 Å².